The number of amides is 1. The summed E-state index contributed by atoms with van der Waals surface area (Å²) in [5.74, 6) is 1.25. The van der Waals surface area contributed by atoms with E-state index in [9.17, 15) is 9.59 Å². The van der Waals surface area contributed by atoms with E-state index >= 15 is 0 Å². The second kappa shape index (κ2) is 9.16. The minimum Gasteiger partial charge on any atom is -0.340 e. The zero-order chi connectivity index (χ0) is 22.9. The summed E-state index contributed by atoms with van der Waals surface area (Å²) >= 11 is 3.11. The van der Waals surface area contributed by atoms with Crippen LogP contribution in [0.2, 0.25) is 0 Å². The second-order valence-corrected chi connectivity index (χ2v) is 10.3. The van der Waals surface area contributed by atoms with Crippen LogP contribution in [-0.2, 0) is 17.9 Å². The molecule has 0 radical (unpaired) electrons. The zero-order valence-corrected chi connectivity index (χ0v) is 20.1. The Morgan fingerprint density at radius 3 is 2.79 bits per heavy atom. The third-order valence-electron chi connectivity index (χ3n) is 6.02. The van der Waals surface area contributed by atoms with Crippen molar-refractivity contribution in [3.8, 4) is 10.7 Å². The van der Waals surface area contributed by atoms with Crippen molar-refractivity contribution in [2.45, 2.75) is 33.4 Å². The molecule has 5 heterocycles. The van der Waals surface area contributed by atoms with Gasteiger partial charge in [0.25, 0.3) is 5.56 Å². The fourth-order valence-corrected chi connectivity index (χ4v) is 5.61. The summed E-state index contributed by atoms with van der Waals surface area (Å²) in [6, 6.07) is 3.93. The molecule has 0 bridgehead atoms. The summed E-state index contributed by atoms with van der Waals surface area (Å²) in [4.78, 5) is 41.4. The molecule has 0 spiro atoms. The SMILES string of the molecule is Cc1sc2ncn(CCC(=O)N3CCN(Cc4nc(-c5cccs5)no4)CC3)c(=O)c2c1C. The smallest absolute Gasteiger partial charge is 0.262 e. The first-order valence-corrected chi connectivity index (χ1v) is 12.5. The number of carbonyl (C=O) groups is 1. The molecular weight excluding hydrogens is 460 g/mol. The van der Waals surface area contributed by atoms with Gasteiger partial charge in [-0.25, -0.2) is 4.98 Å². The third kappa shape index (κ3) is 4.48. The predicted molar refractivity (Wildman–Crippen MR) is 127 cm³/mol. The highest BCUT2D eigenvalue weighted by Gasteiger charge is 2.23. The Balaban J connectivity index is 1.14. The fourth-order valence-electron chi connectivity index (χ4n) is 3.98. The first kappa shape index (κ1) is 21.9. The van der Waals surface area contributed by atoms with Gasteiger partial charge in [0.2, 0.25) is 17.6 Å². The van der Waals surface area contributed by atoms with E-state index in [1.807, 2.05) is 36.3 Å². The fraction of sp³-hybridized carbons (Fsp3) is 0.409. The van der Waals surface area contributed by atoms with Crippen molar-refractivity contribution in [3.05, 3.63) is 50.5 Å². The predicted octanol–water partition coefficient (Wildman–Crippen LogP) is 2.92. The van der Waals surface area contributed by atoms with Gasteiger partial charge in [-0.05, 0) is 30.9 Å². The molecule has 11 heteroatoms. The normalized spacial score (nSPS) is 14.9. The van der Waals surface area contributed by atoms with Crippen LogP contribution in [0.15, 0.2) is 33.2 Å². The third-order valence-corrected chi connectivity index (χ3v) is 8.00. The van der Waals surface area contributed by atoms with E-state index in [2.05, 4.69) is 20.0 Å². The summed E-state index contributed by atoms with van der Waals surface area (Å²) < 4.78 is 6.94. The Morgan fingerprint density at radius 1 is 1.21 bits per heavy atom. The van der Waals surface area contributed by atoms with Crippen molar-refractivity contribution >= 4 is 38.8 Å². The van der Waals surface area contributed by atoms with Crippen LogP contribution in [0.4, 0.5) is 0 Å². The Morgan fingerprint density at radius 2 is 2.03 bits per heavy atom. The van der Waals surface area contributed by atoms with Gasteiger partial charge in [-0.1, -0.05) is 11.2 Å². The van der Waals surface area contributed by atoms with E-state index < -0.39 is 0 Å². The Kier molecular flexibility index (Phi) is 6.09. The van der Waals surface area contributed by atoms with E-state index in [-0.39, 0.29) is 17.9 Å². The maximum atomic E-state index is 12.8. The molecule has 33 heavy (non-hydrogen) atoms. The number of hydrogen-bond acceptors (Lipinski definition) is 9. The zero-order valence-electron chi connectivity index (χ0n) is 18.5. The van der Waals surface area contributed by atoms with E-state index in [4.69, 9.17) is 4.52 Å². The minimum atomic E-state index is -0.0686. The molecule has 1 aliphatic rings. The first-order valence-electron chi connectivity index (χ1n) is 10.8. The number of hydrogen-bond donors (Lipinski definition) is 0. The number of aromatic nitrogens is 4. The number of thiophene rings is 2. The second-order valence-electron chi connectivity index (χ2n) is 8.10. The molecule has 5 rings (SSSR count). The molecule has 0 unspecified atom stereocenters. The number of carbonyl (C=O) groups excluding carboxylic acids is 1. The molecule has 1 amide bonds. The van der Waals surface area contributed by atoms with Gasteiger partial charge in [-0.2, -0.15) is 4.98 Å². The molecule has 0 saturated carbocycles. The molecule has 9 nitrogen and oxygen atoms in total. The lowest BCUT2D eigenvalue weighted by Gasteiger charge is -2.34. The van der Waals surface area contributed by atoms with Crippen LogP contribution in [0, 0.1) is 13.8 Å². The quantitative estimate of drug-likeness (QED) is 0.415. The number of aryl methyl sites for hydroxylation is 3. The highest BCUT2D eigenvalue weighted by atomic mass is 32.1. The molecule has 1 saturated heterocycles. The summed E-state index contributed by atoms with van der Waals surface area (Å²) in [7, 11) is 0. The molecule has 1 aliphatic heterocycles. The van der Waals surface area contributed by atoms with Crippen LogP contribution in [0.1, 0.15) is 22.8 Å². The highest BCUT2D eigenvalue weighted by Crippen LogP contribution is 2.25. The summed E-state index contributed by atoms with van der Waals surface area (Å²) in [5.41, 5.74) is 0.911. The first-order chi connectivity index (χ1) is 16.0. The molecule has 0 aliphatic carbocycles. The summed E-state index contributed by atoms with van der Waals surface area (Å²) in [5, 5.41) is 6.71. The van der Waals surface area contributed by atoms with Crippen LogP contribution >= 0.6 is 22.7 Å². The lowest BCUT2D eigenvalue weighted by molar-refractivity contribution is -0.133. The highest BCUT2D eigenvalue weighted by molar-refractivity contribution is 7.18. The molecular formula is C22H24N6O3S2. The molecule has 4 aromatic rings. The molecule has 1 fully saturated rings. The standard InChI is InChI=1S/C22H24N6O3S2/c1-14-15(2)33-21-19(14)22(30)28(13-23-21)6-5-18(29)27-9-7-26(8-10-27)12-17-24-20(25-31-17)16-4-3-11-32-16/h3-4,11,13H,5-10,12H2,1-2H3. The Bertz CT molecular complexity index is 1330. The average Bonchev–Trinajstić information content (AvgIpc) is 3.55. The summed E-state index contributed by atoms with van der Waals surface area (Å²) in [6.45, 7) is 7.61. The van der Waals surface area contributed by atoms with Gasteiger partial charge in [0.15, 0.2) is 0 Å². The van der Waals surface area contributed by atoms with Gasteiger partial charge >= 0.3 is 0 Å². The number of piperazine rings is 1. The lowest BCUT2D eigenvalue weighted by Crippen LogP contribution is -2.48. The van der Waals surface area contributed by atoms with Crippen molar-refractivity contribution in [1.29, 1.82) is 0 Å². The minimum absolute atomic E-state index is 0.0534. The average molecular weight is 485 g/mol. The monoisotopic (exact) mass is 484 g/mol. The van der Waals surface area contributed by atoms with Crippen molar-refractivity contribution in [3.63, 3.8) is 0 Å². The van der Waals surface area contributed by atoms with E-state index in [0.29, 0.717) is 43.3 Å². The van der Waals surface area contributed by atoms with Gasteiger partial charge in [-0.15, -0.1) is 22.7 Å². The lowest BCUT2D eigenvalue weighted by atomic mass is 10.2. The van der Waals surface area contributed by atoms with Gasteiger partial charge in [0.05, 0.1) is 23.1 Å². The largest absolute Gasteiger partial charge is 0.340 e. The van der Waals surface area contributed by atoms with Crippen molar-refractivity contribution in [2.24, 2.45) is 0 Å². The van der Waals surface area contributed by atoms with E-state index in [1.165, 1.54) is 11.3 Å². The van der Waals surface area contributed by atoms with Crippen molar-refractivity contribution < 1.29 is 9.32 Å². The van der Waals surface area contributed by atoms with Crippen LogP contribution < -0.4 is 5.56 Å². The number of nitrogens with zero attached hydrogens (tertiary/aromatic N) is 6. The molecule has 0 aromatic carbocycles. The van der Waals surface area contributed by atoms with Crippen LogP contribution in [0.5, 0.6) is 0 Å². The van der Waals surface area contributed by atoms with Crippen LogP contribution in [0.3, 0.4) is 0 Å². The van der Waals surface area contributed by atoms with Crippen LogP contribution in [0.25, 0.3) is 20.9 Å². The van der Waals surface area contributed by atoms with Crippen molar-refractivity contribution in [1.82, 2.24) is 29.5 Å². The maximum Gasteiger partial charge on any atom is 0.262 e. The van der Waals surface area contributed by atoms with E-state index in [0.717, 1.165) is 33.2 Å². The van der Waals surface area contributed by atoms with Gasteiger partial charge in [-0.3, -0.25) is 19.1 Å². The number of rotatable bonds is 6. The van der Waals surface area contributed by atoms with Gasteiger partial charge < -0.3 is 9.42 Å². The molecule has 4 aromatic heterocycles. The molecule has 172 valence electrons. The topological polar surface area (TPSA) is 97.4 Å². The summed E-state index contributed by atoms with van der Waals surface area (Å²) in [6.07, 6.45) is 1.84. The van der Waals surface area contributed by atoms with E-state index in [1.54, 1.807) is 22.2 Å². The number of fused-ring (bicyclic) bond motifs is 1. The Labute approximate surface area is 198 Å². The molecule has 0 N–H and O–H groups in total. The molecule has 0 atom stereocenters. The van der Waals surface area contributed by atoms with Gasteiger partial charge in [0.1, 0.15) is 4.83 Å². The Hall–Kier alpha value is -2.89. The maximum absolute atomic E-state index is 12.8. The van der Waals surface area contributed by atoms with Crippen LogP contribution in [-0.4, -0.2) is 61.6 Å². The van der Waals surface area contributed by atoms with Gasteiger partial charge in [0, 0.05) is 44.0 Å². The van der Waals surface area contributed by atoms with Crippen molar-refractivity contribution in [2.75, 3.05) is 26.2 Å².